The molecule has 0 aromatic carbocycles. The summed E-state index contributed by atoms with van der Waals surface area (Å²) in [5.74, 6) is 0.929. The van der Waals surface area contributed by atoms with Crippen LogP contribution in [0.4, 0.5) is 0 Å². The van der Waals surface area contributed by atoms with E-state index in [9.17, 15) is 9.59 Å². The number of hydrogen-bond acceptors (Lipinski definition) is 3. The Morgan fingerprint density at radius 2 is 1.95 bits per heavy atom. The van der Waals surface area contributed by atoms with Gasteiger partial charge in [-0.3, -0.25) is 9.59 Å². The summed E-state index contributed by atoms with van der Waals surface area (Å²) in [6.45, 7) is 2.55. The number of hydrogen-bond donors (Lipinski definition) is 1. The lowest BCUT2D eigenvalue weighted by Crippen LogP contribution is -2.51. The number of ether oxygens (including phenoxy) is 1. The number of carbonyl (C=O) groups is 2. The summed E-state index contributed by atoms with van der Waals surface area (Å²) >= 11 is 0. The third-order valence-corrected chi connectivity index (χ3v) is 5.18. The standard InChI is InChI=1S/C17H28N2O3/c20-16(12-13-6-7-13)19-9-3-10-22-11-8-18-17(21)14-4-1-2-5-15(14)19/h13-15H,1-12H2,(H,18,21)/t14-,15+/m1/s1. The molecule has 0 aromatic rings. The lowest BCUT2D eigenvalue weighted by molar-refractivity contribution is -0.139. The molecule has 0 radical (unpaired) electrons. The molecule has 0 unspecified atom stereocenters. The molecule has 0 spiro atoms. The highest BCUT2D eigenvalue weighted by atomic mass is 16.5. The van der Waals surface area contributed by atoms with Crippen LogP contribution >= 0.6 is 0 Å². The van der Waals surface area contributed by atoms with E-state index in [1.54, 1.807) is 0 Å². The summed E-state index contributed by atoms with van der Waals surface area (Å²) in [6.07, 6.45) is 8.02. The van der Waals surface area contributed by atoms with E-state index >= 15 is 0 Å². The lowest BCUT2D eigenvalue weighted by Gasteiger charge is -2.39. The zero-order chi connectivity index (χ0) is 15.4. The van der Waals surface area contributed by atoms with Gasteiger partial charge in [0, 0.05) is 32.2 Å². The van der Waals surface area contributed by atoms with Crippen LogP contribution in [-0.4, -0.2) is 49.1 Å². The minimum atomic E-state index is -0.0324. The Bertz CT molecular complexity index is 409. The van der Waals surface area contributed by atoms with Crippen LogP contribution in [0, 0.1) is 11.8 Å². The molecular formula is C17H28N2O3. The Morgan fingerprint density at radius 3 is 2.77 bits per heavy atom. The molecule has 3 aliphatic rings. The van der Waals surface area contributed by atoms with Crippen molar-refractivity contribution in [2.24, 2.45) is 11.8 Å². The minimum absolute atomic E-state index is 0.0324. The lowest BCUT2D eigenvalue weighted by atomic mass is 9.82. The monoisotopic (exact) mass is 308 g/mol. The second-order valence-corrected chi connectivity index (χ2v) is 6.95. The third-order valence-electron chi connectivity index (χ3n) is 5.18. The van der Waals surface area contributed by atoms with Gasteiger partial charge in [0.25, 0.3) is 0 Å². The Balaban J connectivity index is 1.74. The van der Waals surface area contributed by atoms with Crippen molar-refractivity contribution >= 4 is 11.8 Å². The van der Waals surface area contributed by atoms with Crippen molar-refractivity contribution in [1.82, 2.24) is 10.2 Å². The molecule has 2 aliphatic carbocycles. The SMILES string of the molecule is O=C1NCCOCCCN(C(=O)CC2CC2)[C@H]2CCCC[C@@H]12. The van der Waals surface area contributed by atoms with Gasteiger partial charge in [0.1, 0.15) is 0 Å². The Hall–Kier alpha value is -1.10. The van der Waals surface area contributed by atoms with Crippen LogP contribution in [0.2, 0.25) is 0 Å². The number of amides is 2. The van der Waals surface area contributed by atoms with E-state index in [0.29, 0.717) is 32.1 Å². The minimum Gasteiger partial charge on any atom is -0.380 e. The first-order valence-electron chi connectivity index (χ1n) is 8.90. The summed E-state index contributed by atoms with van der Waals surface area (Å²) < 4.78 is 5.54. The average molecular weight is 308 g/mol. The largest absolute Gasteiger partial charge is 0.380 e. The number of nitrogens with one attached hydrogen (secondary N) is 1. The molecule has 3 rings (SSSR count). The quantitative estimate of drug-likeness (QED) is 0.845. The van der Waals surface area contributed by atoms with Gasteiger partial charge >= 0.3 is 0 Å². The van der Waals surface area contributed by atoms with Gasteiger partial charge in [-0.15, -0.1) is 0 Å². The van der Waals surface area contributed by atoms with E-state index in [1.165, 1.54) is 12.8 Å². The first kappa shape index (κ1) is 15.8. The summed E-state index contributed by atoms with van der Waals surface area (Å²) in [7, 11) is 0. The number of carbonyl (C=O) groups excluding carboxylic acids is 2. The maximum absolute atomic E-state index is 12.7. The van der Waals surface area contributed by atoms with E-state index in [1.807, 2.05) is 4.90 Å². The molecule has 1 saturated heterocycles. The van der Waals surface area contributed by atoms with Crippen LogP contribution < -0.4 is 5.32 Å². The fourth-order valence-electron chi connectivity index (χ4n) is 3.77. The fraction of sp³-hybridized carbons (Fsp3) is 0.882. The zero-order valence-electron chi connectivity index (χ0n) is 13.4. The molecule has 2 saturated carbocycles. The number of rotatable bonds is 2. The highest BCUT2D eigenvalue weighted by Crippen LogP contribution is 2.35. The van der Waals surface area contributed by atoms with Crippen molar-refractivity contribution in [3.63, 3.8) is 0 Å². The molecule has 5 heteroatoms. The van der Waals surface area contributed by atoms with E-state index in [0.717, 1.165) is 38.6 Å². The Labute approximate surface area is 132 Å². The molecule has 1 heterocycles. The molecular weight excluding hydrogens is 280 g/mol. The molecule has 1 aliphatic heterocycles. The van der Waals surface area contributed by atoms with Crippen molar-refractivity contribution in [3.8, 4) is 0 Å². The highest BCUT2D eigenvalue weighted by Gasteiger charge is 2.38. The van der Waals surface area contributed by atoms with Crippen LogP contribution in [0.25, 0.3) is 0 Å². The van der Waals surface area contributed by atoms with Gasteiger partial charge < -0.3 is 15.0 Å². The van der Waals surface area contributed by atoms with Crippen LogP contribution in [0.1, 0.15) is 51.4 Å². The summed E-state index contributed by atoms with van der Waals surface area (Å²) in [6, 6.07) is 0.0955. The van der Waals surface area contributed by atoms with Crippen LogP contribution in [0.5, 0.6) is 0 Å². The second-order valence-electron chi connectivity index (χ2n) is 6.95. The molecule has 1 N–H and O–H groups in total. The third kappa shape index (κ3) is 4.00. The van der Waals surface area contributed by atoms with Gasteiger partial charge in [-0.25, -0.2) is 0 Å². The Morgan fingerprint density at radius 1 is 1.14 bits per heavy atom. The molecule has 5 nitrogen and oxygen atoms in total. The molecule has 2 amide bonds. The van der Waals surface area contributed by atoms with Gasteiger partial charge in [-0.05, 0) is 38.0 Å². The number of fused-ring (bicyclic) bond motifs is 1. The smallest absolute Gasteiger partial charge is 0.225 e. The molecule has 0 bridgehead atoms. The Kier molecular flexibility index (Phi) is 5.34. The second kappa shape index (κ2) is 7.44. The highest BCUT2D eigenvalue weighted by molar-refractivity contribution is 5.82. The summed E-state index contributed by atoms with van der Waals surface area (Å²) in [5.41, 5.74) is 0. The molecule has 2 atom stereocenters. The topological polar surface area (TPSA) is 58.6 Å². The number of nitrogens with zero attached hydrogens (tertiary/aromatic N) is 1. The van der Waals surface area contributed by atoms with E-state index in [-0.39, 0.29) is 23.8 Å². The average Bonchev–Trinajstić information content (AvgIpc) is 3.33. The predicted octanol–water partition coefficient (Wildman–Crippen LogP) is 1.71. The molecule has 3 fully saturated rings. The summed E-state index contributed by atoms with van der Waals surface area (Å²) in [5, 5.41) is 2.99. The molecule has 124 valence electrons. The van der Waals surface area contributed by atoms with Gasteiger partial charge in [0.15, 0.2) is 0 Å². The molecule has 22 heavy (non-hydrogen) atoms. The van der Waals surface area contributed by atoms with Gasteiger partial charge in [0.2, 0.25) is 11.8 Å². The van der Waals surface area contributed by atoms with Crippen molar-refractivity contribution in [1.29, 1.82) is 0 Å². The van der Waals surface area contributed by atoms with Crippen LogP contribution in [-0.2, 0) is 14.3 Å². The first-order chi connectivity index (χ1) is 10.8. The van der Waals surface area contributed by atoms with Crippen LogP contribution in [0.15, 0.2) is 0 Å². The summed E-state index contributed by atoms with van der Waals surface area (Å²) in [4.78, 5) is 27.2. The van der Waals surface area contributed by atoms with Crippen molar-refractivity contribution in [2.75, 3.05) is 26.3 Å². The van der Waals surface area contributed by atoms with E-state index in [4.69, 9.17) is 4.74 Å². The van der Waals surface area contributed by atoms with E-state index in [2.05, 4.69) is 5.32 Å². The van der Waals surface area contributed by atoms with Gasteiger partial charge in [-0.1, -0.05) is 12.8 Å². The first-order valence-corrected chi connectivity index (χ1v) is 8.90. The predicted molar refractivity (Wildman–Crippen MR) is 83.2 cm³/mol. The maximum atomic E-state index is 12.7. The normalized spacial score (nSPS) is 30.9. The van der Waals surface area contributed by atoms with Crippen LogP contribution in [0.3, 0.4) is 0 Å². The van der Waals surface area contributed by atoms with Crippen molar-refractivity contribution < 1.29 is 14.3 Å². The van der Waals surface area contributed by atoms with Crippen molar-refractivity contribution in [2.45, 2.75) is 57.4 Å². The van der Waals surface area contributed by atoms with Gasteiger partial charge in [-0.2, -0.15) is 0 Å². The van der Waals surface area contributed by atoms with Crippen molar-refractivity contribution in [3.05, 3.63) is 0 Å². The fourth-order valence-corrected chi connectivity index (χ4v) is 3.77. The zero-order valence-corrected chi connectivity index (χ0v) is 13.4. The molecule has 0 aromatic heterocycles. The van der Waals surface area contributed by atoms with Gasteiger partial charge in [0.05, 0.1) is 12.5 Å². The maximum Gasteiger partial charge on any atom is 0.225 e. The van der Waals surface area contributed by atoms with E-state index < -0.39 is 0 Å².